The first-order chi connectivity index (χ1) is 10.6. The van der Waals surface area contributed by atoms with Gasteiger partial charge in [-0.1, -0.05) is 56.5 Å². The number of hydrogen-bond donors (Lipinski definition) is 0. The van der Waals surface area contributed by atoms with Gasteiger partial charge in [0.05, 0.1) is 12.2 Å². The third-order valence-electron chi connectivity index (χ3n) is 2.97. The molecule has 0 atom stereocenters. The molecule has 0 aliphatic rings. The lowest BCUT2D eigenvalue weighted by atomic mass is 10.1. The number of rotatable bonds is 8. The molecule has 0 fully saturated rings. The molecule has 1 aromatic rings. The topological polar surface area (TPSA) is 46.6 Å². The number of benzene rings is 1. The Morgan fingerprint density at radius 3 is 2.41 bits per heavy atom. The Morgan fingerprint density at radius 2 is 1.82 bits per heavy atom. The van der Waals surface area contributed by atoms with Crippen molar-refractivity contribution in [1.29, 1.82) is 0 Å². The zero-order chi connectivity index (χ0) is 16.4. The molecule has 0 radical (unpaired) electrons. The summed E-state index contributed by atoms with van der Waals surface area (Å²) in [5, 5.41) is 0. The van der Waals surface area contributed by atoms with Crippen LogP contribution >= 0.6 is 23.6 Å². The lowest BCUT2D eigenvalue weighted by Gasteiger charge is -2.09. The number of carbonyl (C=O) groups excluding carboxylic acids is 2. The van der Waals surface area contributed by atoms with Crippen LogP contribution in [-0.4, -0.2) is 22.4 Å². The van der Waals surface area contributed by atoms with E-state index in [9.17, 15) is 9.59 Å². The molecule has 6 heteroatoms. The summed E-state index contributed by atoms with van der Waals surface area (Å²) in [5.74, 6) is -1.27. The van der Waals surface area contributed by atoms with Gasteiger partial charge in [-0.2, -0.15) is 3.94 Å². The Morgan fingerprint density at radius 1 is 1.14 bits per heavy atom. The lowest BCUT2D eigenvalue weighted by molar-refractivity contribution is -0.138. The van der Waals surface area contributed by atoms with Gasteiger partial charge >= 0.3 is 5.97 Å². The molecule has 22 heavy (non-hydrogen) atoms. The highest BCUT2D eigenvalue weighted by Gasteiger charge is 2.18. The minimum absolute atomic E-state index is 0.0872. The summed E-state index contributed by atoms with van der Waals surface area (Å²) in [6, 6.07) is 8.68. The van der Waals surface area contributed by atoms with Crippen LogP contribution in [0, 0.1) is 0 Å². The van der Waals surface area contributed by atoms with E-state index in [1.807, 2.05) is 0 Å². The van der Waals surface area contributed by atoms with Crippen molar-refractivity contribution in [2.75, 3.05) is 6.61 Å². The number of amides is 1. The Labute approximate surface area is 140 Å². The van der Waals surface area contributed by atoms with Crippen molar-refractivity contribution in [1.82, 2.24) is 3.94 Å². The molecule has 0 aromatic heterocycles. The maximum absolute atomic E-state index is 12.0. The summed E-state index contributed by atoms with van der Waals surface area (Å²) in [6.45, 7) is 2.44. The second-order valence-electron chi connectivity index (χ2n) is 4.69. The highest BCUT2D eigenvalue weighted by Crippen LogP contribution is 2.19. The zero-order valence-corrected chi connectivity index (χ0v) is 13.9. The summed E-state index contributed by atoms with van der Waals surface area (Å²) < 4.78 is 5.49. The zero-order valence-electron chi connectivity index (χ0n) is 12.4. The second-order valence-corrected chi connectivity index (χ2v) is 5.54. The molecular formula is C16H19Cl2NO3. The summed E-state index contributed by atoms with van der Waals surface area (Å²) in [4.78, 5) is 23.8. The molecule has 1 aromatic carbocycles. The van der Waals surface area contributed by atoms with E-state index in [-0.39, 0.29) is 5.57 Å². The molecule has 0 saturated heterocycles. The molecule has 120 valence electrons. The number of ether oxygens (including phenoxy) is 1. The number of hydrogen-bond acceptors (Lipinski definition) is 3. The molecule has 0 aliphatic carbocycles. The number of carbonyl (C=O) groups is 2. The Bertz CT molecular complexity index is 515. The van der Waals surface area contributed by atoms with E-state index >= 15 is 0 Å². The van der Waals surface area contributed by atoms with Crippen molar-refractivity contribution in [3.63, 3.8) is 0 Å². The Kier molecular flexibility index (Phi) is 8.63. The predicted octanol–water partition coefficient (Wildman–Crippen LogP) is 4.33. The van der Waals surface area contributed by atoms with Crippen LogP contribution in [0.5, 0.6) is 0 Å². The SMILES string of the molecule is CCCCCCOC(=O)/C=C(\C(=O)N(Cl)Cl)c1ccccc1. The smallest absolute Gasteiger partial charge is 0.331 e. The highest BCUT2D eigenvalue weighted by molar-refractivity contribution is 6.47. The fourth-order valence-electron chi connectivity index (χ4n) is 1.84. The van der Waals surface area contributed by atoms with Gasteiger partial charge in [0.2, 0.25) is 0 Å². The van der Waals surface area contributed by atoms with E-state index in [0.717, 1.165) is 31.8 Å². The van der Waals surface area contributed by atoms with Gasteiger partial charge in [-0.15, -0.1) is 0 Å². The van der Waals surface area contributed by atoms with E-state index < -0.39 is 11.9 Å². The Hall–Kier alpha value is -1.52. The molecule has 0 spiro atoms. The summed E-state index contributed by atoms with van der Waals surface area (Å²) >= 11 is 10.9. The monoisotopic (exact) mass is 343 g/mol. The van der Waals surface area contributed by atoms with Crippen molar-refractivity contribution in [2.24, 2.45) is 0 Å². The minimum Gasteiger partial charge on any atom is -0.463 e. The van der Waals surface area contributed by atoms with Crippen LogP contribution in [0.15, 0.2) is 36.4 Å². The highest BCUT2D eigenvalue weighted by atomic mass is 35.5. The third-order valence-corrected chi connectivity index (χ3v) is 3.28. The van der Waals surface area contributed by atoms with Crippen LogP contribution in [0.2, 0.25) is 0 Å². The first kappa shape index (κ1) is 18.5. The fraction of sp³-hybridized carbons (Fsp3) is 0.375. The van der Waals surface area contributed by atoms with Crippen molar-refractivity contribution >= 4 is 41.0 Å². The maximum Gasteiger partial charge on any atom is 0.331 e. The van der Waals surface area contributed by atoms with Crippen LogP contribution in [0.3, 0.4) is 0 Å². The lowest BCUT2D eigenvalue weighted by Crippen LogP contribution is -2.15. The molecule has 0 saturated carbocycles. The molecule has 0 N–H and O–H groups in total. The normalized spacial score (nSPS) is 11.1. The van der Waals surface area contributed by atoms with E-state index in [2.05, 4.69) is 6.92 Å². The number of unbranched alkanes of at least 4 members (excludes halogenated alkanes) is 3. The average Bonchev–Trinajstić information content (AvgIpc) is 2.52. The fourth-order valence-corrected chi connectivity index (χ4v) is 2.02. The van der Waals surface area contributed by atoms with Gasteiger partial charge in [-0.3, -0.25) is 4.79 Å². The van der Waals surface area contributed by atoms with E-state index in [1.54, 1.807) is 30.3 Å². The van der Waals surface area contributed by atoms with Gasteiger partial charge in [0.15, 0.2) is 0 Å². The predicted molar refractivity (Wildman–Crippen MR) is 88.1 cm³/mol. The first-order valence-corrected chi connectivity index (χ1v) is 7.83. The van der Waals surface area contributed by atoms with Crippen LogP contribution in [0.4, 0.5) is 0 Å². The van der Waals surface area contributed by atoms with E-state index in [1.165, 1.54) is 0 Å². The van der Waals surface area contributed by atoms with Crippen molar-refractivity contribution < 1.29 is 14.3 Å². The molecule has 0 bridgehead atoms. The molecule has 1 rings (SSSR count). The molecule has 4 nitrogen and oxygen atoms in total. The van der Waals surface area contributed by atoms with Gasteiger partial charge in [-0.25, -0.2) is 4.79 Å². The molecule has 0 unspecified atom stereocenters. The number of halogens is 2. The number of nitrogens with zero attached hydrogens (tertiary/aromatic N) is 1. The molecule has 0 aliphatic heterocycles. The first-order valence-electron chi connectivity index (χ1n) is 7.16. The van der Waals surface area contributed by atoms with Crippen molar-refractivity contribution in [3.8, 4) is 0 Å². The van der Waals surface area contributed by atoms with E-state index in [0.29, 0.717) is 16.1 Å². The Balaban J connectivity index is 2.74. The van der Waals surface area contributed by atoms with Gasteiger partial charge in [-0.05, 0) is 12.0 Å². The standard InChI is InChI=1S/C16H19Cl2NO3/c1-2-3-4-8-11-22-15(20)12-14(16(21)19(17)18)13-9-6-5-7-10-13/h5-7,9-10,12H,2-4,8,11H2,1H3/b14-12-. The van der Waals surface area contributed by atoms with Gasteiger partial charge in [0.25, 0.3) is 5.91 Å². The summed E-state index contributed by atoms with van der Waals surface area (Å²) in [6.07, 6.45) is 5.15. The van der Waals surface area contributed by atoms with Gasteiger partial charge in [0.1, 0.15) is 0 Å². The van der Waals surface area contributed by atoms with Crippen LogP contribution in [0.1, 0.15) is 38.2 Å². The van der Waals surface area contributed by atoms with Crippen molar-refractivity contribution in [2.45, 2.75) is 32.6 Å². The summed E-state index contributed by atoms with van der Waals surface area (Å²) in [5.41, 5.74) is 0.630. The third kappa shape index (κ3) is 6.50. The molecular weight excluding hydrogens is 325 g/mol. The van der Waals surface area contributed by atoms with Gasteiger partial charge in [0, 0.05) is 29.6 Å². The minimum atomic E-state index is -0.683. The molecule has 0 heterocycles. The van der Waals surface area contributed by atoms with Crippen LogP contribution in [-0.2, 0) is 14.3 Å². The average molecular weight is 344 g/mol. The van der Waals surface area contributed by atoms with Crippen LogP contribution in [0.25, 0.3) is 5.57 Å². The maximum atomic E-state index is 12.0. The van der Waals surface area contributed by atoms with Crippen LogP contribution < -0.4 is 0 Å². The van der Waals surface area contributed by atoms with E-state index in [4.69, 9.17) is 28.3 Å². The summed E-state index contributed by atoms with van der Waals surface area (Å²) in [7, 11) is 0. The number of esters is 1. The van der Waals surface area contributed by atoms with Crippen molar-refractivity contribution in [3.05, 3.63) is 42.0 Å². The second kappa shape index (κ2) is 10.2. The molecule has 1 amide bonds. The largest absolute Gasteiger partial charge is 0.463 e. The quantitative estimate of drug-likeness (QED) is 0.305. The van der Waals surface area contributed by atoms with Gasteiger partial charge < -0.3 is 4.74 Å².